The van der Waals surface area contributed by atoms with Gasteiger partial charge in [-0.3, -0.25) is 4.98 Å². The summed E-state index contributed by atoms with van der Waals surface area (Å²) in [4.78, 5) is 17.4. The number of hydrogen-bond acceptors (Lipinski definition) is 5. The first-order valence-corrected chi connectivity index (χ1v) is 6.76. The third kappa shape index (κ3) is 3.99. The first kappa shape index (κ1) is 14.4. The van der Waals surface area contributed by atoms with Gasteiger partial charge in [0.25, 0.3) is 0 Å². The van der Waals surface area contributed by atoms with Gasteiger partial charge in [-0.25, -0.2) is 9.97 Å². The lowest BCUT2D eigenvalue weighted by molar-refractivity contribution is 0.401. The van der Waals surface area contributed by atoms with E-state index in [-0.39, 0.29) is 0 Å². The van der Waals surface area contributed by atoms with Crippen LogP contribution in [-0.4, -0.2) is 54.1 Å². The lowest BCUT2D eigenvalue weighted by Crippen LogP contribution is -2.24. The molecular weight excluding hydrogens is 250 g/mol. The topological polar surface area (TPSA) is 45.2 Å². The first-order chi connectivity index (χ1) is 9.66. The van der Waals surface area contributed by atoms with E-state index < -0.39 is 0 Å². The van der Waals surface area contributed by atoms with Gasteiger partial charge in [0.05, 0.1) is 5.69 Å². The summed E-state index contributed by atoms with van der Waals surface area (Å²) in [7, 11) is 6.18. The Labute approximate surface area is 120 Å². The van der Waals surface area contributed by atoms with E-state index in [0.717, 1.165) is 36.7 Å². The molecule has 0 amide bonds. The van der Waals surface area contributed by atoms with Crippen molar-refractivity contribution in [3.63, 3.8) is 0 Å². The van der Waals surface area contributed by atoms with Gasteiger partial charge in [-0.1, -0.05) is 6.07 Å². The van der Waals surface area contributed by atoms with Crippen molar-refractivity contribution >= 4 is 5.95 Å². The highest BCUT2D eigenvalue weighted by Gasteiger charge is 2.05. The van der Waals surface area contributed by atoms with Crippen molar-refractivity contribution in [1.29, 1.82) is 0 Å². The fourth-order valence-electron chi connectivity index (χ4n) is 1.91. The lowest BCUT2D eigenvalue weighted by Gasteiger charge is -2.18. The Bertz CT molecular complexity index is 510. The largest absolute Gasteiger partial charge is 0.344 e. The van der Waals surface area contributed by atoms with E-state index in [4.69, 9.17) is 0 Å². The molecule has 0 N–H and O–H groups in total. The quantitative estimate of drug-likeness (QED) is 0.803. The van der Waals surface area contributed by atoms with Crippen LogP contribution >= 0.6 is 0 Å². The maximum absolute atomic E-state index is 4.41. The van der Waals surface area contributed by atoms with Crippen LogP contribution < -0.4 is 4.90 Å². The second-order valence-electron chi connectivity index (χ2n) is 5.07. The second kappa shape index (κ2) is 6.96. The molecule has 0 atom stereocenters. The van der Waals surface area contributed by atoms with Crippen LogP contribution in [0, 0.1) is 0 Å². The zero-order valence-electron chi connectivity index (χ0n) is 12.3. The Kier molecular flexibility index (Phi) is 5.01. The Morgan fingerprint density at radius 1 is 0.950 bits per heavy atom. The fourth-order valence-corrected chi connectivity index (χ4v) is 1.91. The van der Waals surface area contributed by atoms with Gasteiger partial charge in [0.1, 0.15) is 0 Å². The molecule has 0 aromatic carbocycles. The lowest BCUT2D eigenvalue weighted by atomic mass is 10.2. The van der Waals surface area contributed by atoms with Crippen LogP contribution in [0.3, 0.4) is 0 Å². The Morgan fingerprint density at radius 2 is 1.70 bits per heavy atom. The molecule has 0 fully saturated rings. The molecule has 0 aliphatic rings. The average Bonchev–Trinajstić information content (AvgIpc) is 2.48. The highest BCUT2D eigenvalue weighted by molar-refractivity contribution is 5.56. The van der Waals surface area contributed by atoms with Gasteiger partial charge >= 0.3 is 0 Å². The summed E-state index contributed by atoms with van der Waals surface area (Å²) in [6.45, 7) is 2.01. The van der Waals surface area contributed by atoms with Crippen molar-refractivity contribution in [3.05, 3.63) is 36.8 Å². The van der Waals surface area contributed by atoms with Crippen LogP contribution in [0.15, 0.2) is 36.8 Å². The minimum Gasteiger partial charge on any atom is -0.344 e. The fraction of sp³-hybridized carbons (Fsp3) is 0.400. The third-order valence-corrected chi connectivity index (χ3v) is 3.04. The Morgan fingerprint density at radius 3 is 2.30 bits per heavy atom. The number of pyridine rings is 1. The van der Waals surface area contributed by atoms with Crippen molar-refractivity contribution in [3.8, 4) is 11.3 Å². The van der Waals surface area contributed by atoms with Gasteiger partial charge in [0, 0.05) is 37.7 Å². The molecule has 0 aliphatic carbocycles. The summed E-state index contributed by atoms with van der Waals surface area (Å²) < 4.78 is 0. The average molecular weight is 271 g/mol. The van der Waals surface area contributed by atoms with Gasteiger partial charge in [0.15, 0.2) is 0 Å². The number of anilines is 1. The minimum absolute atomic E-state index is 0.753. The maximum Gasteiger partial charge on any atom is 0.225 e. The molecule has 5 heteroatoms. The molecule has 106 valence electrons. The van der Waals surface area contributed by atoms with Crippen molar-refractivity contribution in [1.82, 2.24) is 19.9 Å². The van der Waals surface area contributed by atoms with E-state index in [1.807, 2.05) is 37.6 Å². The minimum atomic E-state index is 0.753. The van der Waals surface area contributed by atoms with Crippen molar-refractivity contribution < 1.29 is 0 Å². The zero-order valence-corrected chi connectivity index (χ0v) is 12.3. The predicted octanol–water partition coefficient (Wildman–Crippen LogP) is 1.93. The van der Waals surface area contributed by atoms with Gasteiger partial charge in [0.2, 0.25) is 5.95 Å². The molecule has 0 saturated carbocycles. The van der Waals surface area contributed by atoms with Crippen LogP contribution in [0.25, 0.3) is 11.3 Å². The molecule has 0 spiro atoms. The van der Waals surface area contributed by atoms with E-state index in [1.54, 1.807) is 6.20 Å². The van der Waals surface area contributed by atoms with E-state index in [0.29, 0.717) is 0 Å². The number of aromatic nitrogens is 3. The first-order valence-electron chi connectivity index (χ1n) is 6.76. The predicted molar refractivity (Wildman–Crippen MR) is 81.7 cm³/mol. The Hall–Kier alpha value is -2.01. The third-order valence-electron chi connectivity index (χ3n) is 3.04. The molecule has 2 aromatic rings. The molecule has 2 rings (SSSR count). The van der Waals surface area contributed by atoms with Gasteiger partial charge in [-0.2, -0.15) is 0 Å². The molecule has 0 unspecified atom stereocenters. The van der Waals surface area contributed by atoms with Gasteiger partial charge in [-0.15, -0.1) is 0 Å². The summed E-state index contributed by atoms with van der Waals surface area (Å²) >= 11 is 0. The molecule has 0 aliphatic heterocycles. The van der Waals surface area contributed by atoms with Crippen molar-refractivity contribution in [2.24, 2.45) is 0 Å². The maximum atomic E-state index is 4.41. The highest BCUT2D eigenvalue weighted by Crippen LogP contribution is 2.15. The van der Waals surface area contributed by atoms with Crippen LogP contribution in [0.5, 0.6) is 0 Å². The summed E-state index contributed by atoms with van der Waals surface area (Å²) in [6, 6.07) is 5.82. The van der Waals surface area contributed by atoms with E-state index in [9.17, 15) is 0 Å². The van der Waals surface area contributed by atoms with E-state index in [1.165, 1.54) is 0 Å². The SMILES string of the molecule is CN(C)CCCN(C)c1ncc(-c2ccccn2)cn1. The smallest absolute Gasteiger partial charge is 0.225 e. The van der Waals surface area contributed by atoms with Crippen LogP contribution in [0.4, 0.5) is 5.95 Å². The van der Waals surface area contributed by atoms with E-state index >= 15 is 0 Å². The molecule has 20 heavy (non-hydrogen) atoms. The highest BCUT2D eigenvalue weighted by atomic mass is 15.2. The van der Waals surface area contributed by atoms with Crippen LogP contribution in [0.1, 0.15) is 6.42 Å². The number of hydrogen-bond donors (Lipinski definition) is 0. The Balaban J connectivity index is 1.97. The molecule has 5 nitrogen and oxygen atoms in total. The van der Waals surface area contributed by atoms with E-state index in [2.05, 4.69) is 38.8 Å². The normalized spacial score (nSPS) is 10.8. The standard InChI is InChI=1S/C15H21N5/c1-19(2)9-6-10-20(3)15-17-11-13(12-18-15)14-7-4-5-8-16-14/h4-5,7-8,11-12H,6,9-10H2,1-3H3. The monoisotopic (exact) mass is 271 g/mol. The summed E-state index contributed by atoms with van der Waals surface area (Å²) in [5.41, 5.74) is 1.84. The van der Waals surface area contributed by atoms with Crippen molar-refractivity contribution in [2.45, 2.75) is 6.42 Å². The summed E-state index contributed by atoms with van der Waals surface area (Å²) in [5.74, 6) is 0.753. The van der Waals surface area contributed by atoms with Gasteiger partial charge < -0.3 is 9.80 Å². The molecule has 0 saturated heterocycles. The molecule has 2 aromatic heterocycles. The van der Waals surface area contributed by atoms with Crippen LogP contribution in [0.2, 0.25) is 0 Å². The molecule has 0 radical (unpaired) electrons. The summed E-state index contributed by atoms with van der Waals surface area (Å²) in [5, 5.41) is 0. The van der Waals surface area contributed by atoms with Gasteiger partial charge in [-0.05, 0) is 39.2 Å². The summed E-state index contributed by atoms with van der Waals surface area (Å²) in [6.07, 6.45) is 6.52. The number of nitrogens with zero attached hydrogens (tertiary/aromatic N) is 5. The molecule has 0 bridgehead atoms. The van der Waals surface area contributed by atoms with Crippen molar-refractivity contribution in [2.75, 3.05) is 39.1 Å². The molecular formula is C15H21N5. The number of rotatable bonds is 6. The molecule has 2 heterocycles. The zero-order chi connectivity index (χ0) is 14.4. The van der Waals surface area contributed by atoms with Crippen LogP contribution in [-0.2, 0) is 0 Å². The second-order valence-corrected chi connectivity index (χ2v) is 5.07.